The Morgan fingerprint density at radius 2 is 1.05 bits per heavy atom. The van der Waals surface area contributed by atoms with Crippen molar-refractivity contribution >= 4 is 19.7 Å². The molecule has 0 amide bonds. The molecule has 4 aromatic carbocycles. The Kier molecular flexibility index (Phi) is 12.7. The van der Waals surface area contributed by atoms with E-state index >= 15 is 0 Å². The molecular formula is C30H31ClN2O2RuS. The zero-order chi connectivity index (χ0) is 27.4. The molecular weight excluding hydrogens is 589 g/mol. The quantitative estimate of drug-likeness (QED) is 0.203. The molecule has 0 saturated carbocycles. The molecule has 7 heteroatoms. The molecule has 0 heterocycles. The molecule has 0 fully saturated rings. The molecule has 0 aliphatic heterocycles. The number of sulfonamides is 1. The number of hydrogen-bond donors (Lipinski definition) is 0. The van der Waals surface area contributed by atoms with Crippen molar-refractivity contribution in [2.45, 2.75) is 44.7 Å². The van der Waals surface area contributed by atoms with Gasteiger partial charge in [-0.15, -0.1) is 12.1 Å². The van der Waals surface area contributed by atoms with Crippen molar-refractivity contribution in [3.05, 3.63) is 147 Å². The van der Waals surface area contributed by atoms with E-state index in [1.54, 1.807) is 60.7 Å². The Morgan fingerprint density at radius 3 is 1.49 bits per heavy atom. The maximum atomic E-state index is 12.8. The van der Waals surface area contributed by atoms with Crippen LogP contribution in [0.4, 0.5) is 0 Å². The van der Waals surface area contributed by atoms with Crippen LogP contribution in [0.5, 0.6) is 0 Å². The average Bonchev–Trinajstić information content (AvgIpc) is 2.89. The Hall–Kier alpha value is -2.34. The number of benzene rings is 4. The summed E-state index contributed by atoms with van der Waals surface area (Å²) in [5.41, 5.74) is 17.1. The summed E-state index contributed by atoms with van der Waals surface area (Å²) < 4.78 is 29.6. The topological polar surface area (TPSA) is 70.5 Å². The van der Waals surface area contributed by atoms with Crippen LogP contribution in [-0.2, 0) is 27.3 Å². The minimum atomic E-state index is -3.91. The molecule has 0 N–H and O–H groups in total. The van der Waals surface area contributed by atoms with Crippen molar-refractivity contribution in [2.24, 2.45) is 0 Å². The number of rotatable bonds is 6. The SMILES string of the molecule is Cc1cc(C)cc(C)c1.Cc1ccc(S(=O)(=O)[N-][C@H](c2ccccc2)[C@H]([N-])c2ccccc2)cc1.[Cl][Ru+2]. The third-order valence-electron chi connectivity index (χ3n) is 5.52. The second kappa shape index (κ2) is 15.2. The van der Waals surface area contributed by atoms with Gasteiger partial charge in [-0.05, 0) is 39.8 Å². The predicted molar refractivity (Wildman–Crippen MR) is 150 cm³/mol. The molecule has 0 saturated heterocycles. The van der Waals surface area contributed by atoms with Gasteiger partial charge in [0.15, 0.2) is 0 Å². The van der Waals surface area contributed by atoms with Gasteiger partial charge in [0.25, 0.3) is 0 Å². The Balaban J connectivity index is 0.000000367. The zero-order valence-corrected chi connectivity index (χ0v) is 24.6. The molecule has 2 atom stereocenters. The van der Waals surface area contributed by atoms with E-state index in [0.29, 0.717) is 11.1 Å². The first-order valence-electron chi connectivity index (χ1n) is 11.7. The minimum absolute atomic E-state index is 0.115. The van der Waals surface area contributed by atoms with E-state index < -0.39 is 22.1 Å². The molecule has 0 spiro atoms. The van der Waals surface area contributed by atoms with Crippen LogP contribution >= 0.6 is 9.69 Å². The number of hydrogen-bond acceptors (Lipinski definition) is 2. The molecule has 4 aromatic rings. The van der Waals surface area contributed by atoms with Gasteiger partial charge in [0.1, 0.15) is 10.0 Å². The molecule has 4 rings (SSSR count). The van der Waals surface area contributed by atoms with Crippen LogP contribution in [0.1, 0.15) is 45.5 Å². The monoisotopic (exact) mass is 620 g/mol. The van der Waals surface area contributed by atoms with Gasteiger partial charge >= 0.3 is 27.0 Å². The predicted octanol–water partition coefficient (Wildman–Crippen LogP) is 8.68. The number of aryl methyl sites for hydroxylation is 4. The van der Waals surface area contributed by atoms with E-state index in [-0.39, 0.29) is 4.90 Å². The van der Waals surface area contributed by atoms with Crippen molar-refractivity contribution in [2.75, 3.05) is 0 Å². The standard InChI is InChI=1S/C21H19N2O2S.C9H12.ClH.Ru/c1-16-12-14-19(15-13-16)26(24,25)23-21(18-10-6-3-7-11-18)20(22)17-8-4-2-5-9-17;1-7-4-8(2)6-9(3)5-7;;/h2-15,20-21H,1H3;4-6H,1-3H3;1H;/q-2;;;+3/p-1/t20-,21-;;;/m1.../s1. The van der Waals surface area contributed by atoms with E-state index in [2.05, 4.69) is 53.4 Å². The third kappa shape index (κ3) is 9.81. The maximum absolute atomic E-state index is 12.8. The van der Waals surface area contributed by atoms with Crippen LogP contribution < -0.4 is 0 Å². The van der Waals surface area contributed by atoms with Crippen LogP contribution in [0.2, 0.25) is 0 Å². The summed E-state index contributed by atoms with van der Waals surface area (Å²) in [6.07, 6.45) is 0. The van der Waals surface area contributed by atoms with Gasteiger partial charge in [0.2, 0.25) is 0 Å². The fourth-order valence-electron chi connectivity index (χ4n) is 3.91. The normalized spacial score (nSPS) is 12.3. The second-order valence-corrected chi connectivity index (χ2v) is 10.4. The molecule has 0 aliphatic rings. The van der Waals surface area contributed by atoms with E-state index in [4.69, 9.17) is 0 Å². The first-order chi connectivity index (χ1) is 17.7. The average molecular weight is 620 g/mol. The van der Waals surface area contributed by atoms with Crippen LogP contribution in [0.25, 0.3) is 10.5 Å². The fourth-order valence-corrected chi connectivity index (χ4v) is 5.04. The molecule has 0 aromatic heterocycles. The summed E-state index contributed by atoms with van der Waals surface area (Å²) in [6, 6.07) is 29.0. The Labute approximate surface area is 236 Å². The van der Waals surface area contributed by atoms with Gasteiger partial charge in [-0.1, -0.05) is 124 Å². The van der Waals surface area contributed by atoms with Crippen LogP contribution in [0.3, 0.4) is 0 Å². The van der Waals surface area contributed by atoms with E-state index in [0.717, 1.165) is 5.56 Å². The van der Waals surface area contributed by atoms with E-state index in [1.165, 1.54) is 28.8 Å². The summed E-state index contributed by atoms with van der Waals surface area (Å²) in [7, 11) is 0.656. The molecule has 1 radical (unpaired) electrons. The third-order valence-corrected chi connectivity index (χ3v) is 6.89. The fraction of sp³-hybridized carbons (Fsp3) is 0.200. The second-order valence-electron chi connectivity index (χ2n) is 8.77. The van der Waals surface area contributed by atoms with Crippen LogP contribution in [-0.4, -0.2) is 8.42 Å². The summed E-state index contributed by atoms with van der Waals surface area (Å²) in [6.45, 7) is 8.26. The molecule has 37 heavy (non-hydrogen) atoms. The van der Waals surface area contributed by atoms with Crippen molar-refractivity contribution in [3.63, 3.8) is 0 Å². The summed E-state index contributed by atoms with van der Waals surface area (Å²) in [4.78, 5) is 0.115. The Bertz CT molecular complexity index is 1280. The first kappa shape index (κ1) is 30.9. The van der Waals surface area contributed by atoms with Gasteiger partial charge < -0.3 is 10.5 Å². The van der Waals surface area contributed by atoms with E-state index in [1.807, 2.05) is 36.4 Å². The Morgan fingerprint density at radius 1 is 0.649 bits per heavy atom. The van der Waals surface area contributed by atoms with Crippen molar-refractivity contribution in [1.82, 2.24) is 0 Å². The zero-order valence-electron chi connectivity index (χ0n) is 21.3. The van der Waals surface area contributed by atoms with Gasteiger partial charge in [-0.25, -0.2) is 8.42 Å². The summed E-state index contributed by atoms with van der Waals surface area (Å²) in [5, 5.41) is 0. The summed E-state index contributed by atoms with van der Waals surface area (Å²) in [5.74, 6) is 0. The molecule has 4 nitrogen and oxygen atoms in total. The first-order valence-corrected chi connectivity index (χ1v) is 15.3. The van der Waals surface area contributed by atoms with Gasteiger partial charge in [-0.3, -0.25) is 0 Å². The number of halogens is 1. The van der Waals surface area contributed by atoms with Gasteiger partial charge in [0.05, 0.1) is 0 Å². The molecule has 0 aliphatic carbocycles. The van der Waals surface area contributed by atoms with Gasteiger partial charge in [0, 0.05) is 4.90 Å². The molecule has 0 unspecified atom stereocenters. The van der Waals surface area contributed by atoms with Crippen LogP contribution in [0.15, 0.2) is 108 Å². The van der Waals surface area contributed by atoms with Crippen molar-refractivity contribution in [3.8, 4) is 0 Å². The molecule has 0 bridgehead atoms. The van der Waals surface area contributed by atoms with Crippen molar-refractivity contribution < 1.29 is 25.7 Å². The van der Waals surface area contributed by atoms with Crippen molar-refractivity contribution in [1.29, 1.82) is 0 Å². The van der Waals surface area contributed by atoms with E-state index in [9.17, 15) is 14.2 Å². The molecule has 194 valence electrons. The van der Waals surface area contributed by atoms with Crippen LogP contribution in [0, 0.1) is 27.7 Å². The van der Waals surface area contributed by atoms with Gasteiger partial charge in [-0.2, -0.15) is 0 Å². The number of nitrogens with zero attached hydrogens (tertiary/aromatic N) is 2. The summed E-state index contributed by atoms with van der Waals surface area (Å²) >= 11 is 1.82.